The number of aromatic nitrogens is 1. The standard InChI is InChI=1S/C16H24N4O/c1-2-13(17)15-5-4-12(9-18-15)20-8-7-14-11(10-20)3-6-16(21)19-14/h4-5,9,11,13-14H,2-3,6-8,10,17H2,1H3,(H,19,21)/t11?,13-,14?/m0/s1. The minimum atomic E-state index is 0.0262. The molecule has 114 valence electrons. The van der Waals surface area contributed by atoms with Crippen LogP contribution in [-0.4, -0.2) is 30.0 Å². The van der Waals surface area contributed by atoms with Gasteiger partial charge in [-0.15, -0.1) is 0 Å². The fourth-order valence-corrected chi connectivity index (χ4v) is 3.36. The van der Waals surface area contributed by atoms with E-state index in [2.05, 4.69) is 28.2 Å². The maximum atomic E-state index is 11.5. The van der Waals surface area contributed by atoms with Crippen molar-refractivity contribution in [3.63, 3.8) is 0 Å². The molecule has 0 aliphatic carbocycles. The van der Waals surface area contributed by atoms with E-state index in [-0.39, 0.29) is 11.9 Å². The average Bonchev–Trinajstić information content (AvgIpc) is 2.53. The number of hydrogen-bond acceptors (Lipinski definition) is 4. The van der Waals surface area contributed by atoms with E-state index < -0.39 is 0 Å². The molecule has 2 unspecified atom stereocenters. The highest BCUT2D eigenvalue weighted by molar-refractivity contribution is 5.77. The Morgan fingerprint density at radius 3 is 3.05 bits per heavy atom. The Morgan fingerprint density at radius 1 is 1.48 bits per heavy atom. The van der Waals surface area contributed by atoms with Gasteiger partial charge in [0.05, 0.1) is 17.6 Å². The summed E-state index contributed by atoms with van der Waals surface area (Å²) in [5, 5.41) is 3.12. The van der Waals surface area contributed by atoms with E-state index in [4.69, 9.17) is 5.73 Å². The molecule has 3 rings (SSSR count). The lowest BCUT2D eigenvalue weighted by molar-refractivity contribution is -0.124. The highest BCUT2D eigenvalue weighted by atomic mass is 16.1. The van der Waals surface area contributed by atoms with Crippen LogP contribution in [0.3, 0.4) is 0 Å². The van der Waals surface area contributed by atoms with Crippen molar-refractivity contribution in [2.75, 3.05) is 18.0 Å². The molecule has 3 atom stereocenters. The summed E-state index contributed by atoms with van der Waals surface area (Å²) in [5.74, 6) is 0.776. The Kier molecular flexibility index (Phi) is 4.10. The maximum Gasteiger partial charge on any atom is 0.220 e. The van der Waals surface area contributed by atoms with Crippen molar-refractivity contribution in [3.8, 4) is 0 Å². The number of amides is 1. The van der Waals surface area contributed by atoms with Crippen LogP contribution in [0.1, 0.15) is 44.3 Å². The average molecular weight is 288 g/mol. The van der Waals surface area contributed by atoms with E-state index in [0.717, 1.165) is 43.7 Å². The highest BCUT2D eigenvalue weighted by Crippen LogP contribution is 2.28. The van der Waals surface area contributed by atoms with Gasteiger partial charge in [0.25, 0.3) is 0 Å². The number of piperidine rings is 2. The number of fused-ring (bicyclic) bond motifs is 1. The topological polar surface area (TPSA) is 71.2 Å². The molecule has 3 heterocycles. The summed E-state index contributed by atoms with van der Waals surface area (Å²) in [7, 11) is 0. The molecule has 5 heteroatoms. The Hall–Kier alpha value is -1.62. The van der Waals surface area contributed by atoms with Crippen LogP contribution < -0.4 is 16.0 Å². The molecule has 1 amide bonds. The molecule has 0 spiro atoms. The van der Waals surface area contributed by atoms with Crippen LogP contribution in [0.25, 0.3) is 0 Å². The third-order valence-corrected chi connectivity index (χ3v) is 4.78. The van der Waals surface area contributed by atoms with Crippen LogP contribution in [0.15, 0.2) is 18.3 Å². The summed E-state index contributed by atoms with van der Waals surface area (Å²) in [5.41, 5.74) is 8.13. The van der Waals surface area contributed by atoms with Crippen LogP contribution in [0, 0.1) is 5.92 Å². The quantitative estimate of drug-likeness (QED) is 0.886. The molecule has 0 aromatic carbocycles. The number of carbonyl (C=O) groups is 1. The molecule has 2 aliphatic rings. The smallest absolute Gasteiger partial charge is 0.220 e. The van der Waals surface area contributed by atoms with Crippen molar-refractivity contribution >= 4 is 11.6 Å². The first-order valence-electron chi connectivity index (χ1n) is 7.93. The number of hydrogen-bond donors (Lipinski definition) is 2. The zero-order valence-corrected chi connectivity index (χ0v) is 12.6. The third kappa shape index (κ3) is 3.02. The normalized spacial score (nSPS) is 27.0. The van der Waals surface area contributed by atoms with Gasteiger partial charge in [0.2, 0.25) is 5.91 Å². The molecule has 5 nitrogen and oxygen atoms in total. The van der Waals surface area contributed by atoms with E-state index >= 15 is 0 Å². The summed E-state index contributed by atoms with van der Waals surface area (Å²) < 4.78 is 0. The lowest BCUT2D eigenvalue weighted by Crippen LogP contribution is -2.54. The number of anilines is 1. The Balaban J connectivity index is 1.66. The molecule has 1 aromatic heterocycles. The maximum absolute atomic E-state index is 11.5. The number of nitrogens with two attached hydrogens (primary N) is 1. The molecular formula is C16H24N4O. The fraction of sp³-hybridized carbons (Fsp3) is 0.625. The van der Waals surface area contributed by atoms with Crippen LogP contribution in [0.4, 0.5) is 5.69 Å². The monoisotopic (exact) mass is 288 g/mol. The van der Waals surface area contributed by atoms with Gasteiger partial charge in [-0.2, -0.15) is 0 Å². The fourth-order valence-electron chi connectivity index (χ4n) is 3.36. The van der Waals surface area contributed by atoms with Crippen LogP contribution >= 0.6 is 0 Å². The molecule has 21 heavy (non-hydrogen) atoms. The van der Waals surface area contributed by atoms with Crippen LogP contribution in [0.2, 0.25) is 0 Å². The molecule has 1 aromatic rings. The van der Waals surface area contributed by atoms with Crippen molar-refractivity contribution in [2.45, 2.75) is 44.7 Å². The first-order valence-corrected chi connectivity index (χ1v) is 7.93. The van der Waals surface area contributed by atoms with Crippen molar-refractivity contribution < 1.29 is 4.79 Å². The van der Waals surface area contributed by atoms with Gasteiger partial charge in [0, 0.05) is 31.6 Å². The van der Waals surface area contributed by atoms with Crippen molar-refractivity contribution in [1.29, 1.82) is 0 Å². The number of rotatable bonds is 3. The van der Waals surface area contributed by atoms with Gasteiger partial charge in [0.1, 0.15) is 0 Å². The minimum Gasteiger partial charge on any atom is -0.370 e. The molecule has 0 saturated carbocycles. The Bertz CT molecular complexity index is 502. The third-order valence-electron chi connectivity index (χ3n) is 4.78. The number of nitrogens with zero attached hydrogens (tertiary/aromatic N) is 2. The van der Waals surface area contributed by atoms with E-state index in [1.54, 1.807) is 0 Å². The summed E-state index contributed by atoms with van der Waals surface area (Å²) in [6.45, 7) is 4.05. The van der Waals surface area contributed by atoms with Gasteiger partial charge in [-0.25, -0.2) is 0 Å². The second kappa shape index (κ2) is 6.02. The molecule has 2 aliphatic heterocycles. The van der Waals surface area contributed by atoms with Gasteiger partial charge in [0.15, 0.2) is 0 Å². The predicted octanol–water partition coefficient (Wildman–Crippen LogP) is 1.60. The lowest BCUT2D eigenvalue weighted by Gasteiger charge is -2.42. The molecule has 0 radical (unpaired) electrons. The van der Waals surface area contributed by atoms with Gasteiger partial charge < -0.3 is 16.0 Å². The van der Waals surface area contributed by atoms with E-state index in [1.807, 2.05) is 12.3 Å². The van der Waals surface area contributed by atoms with Gasteiger partial charge in [-0.1, -0.05) is 6.92 Å². The molecule has 3 N–H and O–H groups in total. The predicted molar refractivity (Wildman–Crippen MR) is 82.9 cm³/mol. The molecular weight excluding hydrogens is 264 g/mol. The number of nitrogens with one attached hydrogen (secondary N) is 1. The van der Waals surface area contributed by atoms with Crippen molar-refractivity contribution in [2.24, 2.45) is 11.7 Å². The molecule has 2 saturated heterocycles. The Labute approximate surface area is 125 Å². The van der Waals surface area contributed by atoms with Gasteiger partial charge >= 0.3 is 0 Å². The van der Waals surface area contributed by atoms with Gasteiger partial charge in [-0.3, -0.25) is 9.78 Å². The molecule has 2 fully saturated rings. The van der Waals surface area contributed by atoms with Crippen molar-refractivity contribution in [3.05, 3.63) is 24.0 Å². The van der Waals surface area contributed by atoms with E-state index in [0.29, 0.717) is 18.4 Å². The van der Waals surface area contributed by atoms with E-state index in [1.165, 1.54) is 0 Å². The summed E-state index contributed by atoms with van der Waals surface area (Å²) >= 11 is 0. The number of carbonyl (C=O) groups excluding carboxylic acids is 1. The SMILES string of the molecule is CC[C@H](N)c1ccc(N2CCC3NC(=O)CCC3C2)cn1. The second-order valence-corrected chi connectivity index (χ2v) is 6.16. The minimum absolute atomic E-state index is 0.0262. The highest BCUT2D eigenvalue weighted by Gasteiger charge is 2.33. The second-order valence-electron chi connectivity index (χ2n) is 6.16. The zero-order chi connectivity index (χ0) is 14.8. The molecule has 0 bridgehead atoms. The number of pyridine rings is 1. The van der Waals surface area contributed by atoms with E-state index in [9.17, 15) is 4.79 Å². The van der Waals surface area contributed by atoms with Crippen LogP contribution in [0.5, 0.6) is 0 Å². The zero-order valence-electron chi connectivity index (χ0n) is 12.6. The first-order chi connectivity index (χ1) is 10.2. The first kappa shape index (κ1) is 14.3. The van der Waals surface area contributed by atoms with Crippen LogP contribution in [-0.2, 0) is 4.79 Å². The lowest BCUT2D eigenvalue weighted by atomic mass is 9.85. The largest absolute Gasteiger partial charge is 0.370 e. The summed E-state index contributed by atoms with van der Waals surface area (Å²) in [4.78, 5) is 18.3. The summed E-state index contributed by atoms with van der Waals surface area (Å²) in [6, 6.07) is 4.55. The Morgan fingerprint density at radius 2 is 2.33 bits per heavy atom. The van der Waals surface area contributed by atoms with Gasteiger partial charge in [-0.05, 0) is 37.3 Å². The summed E-state index contributed by atoms with van der Waals surface area (Å²) in [6.07, 6.45) is 5.52. The van der Waals surface area contributed by atoms with Crippen molar-refractivity contribution in [1.82, 2.24) is 10.3 Å².